The Morgan fingerprint density at radius 3 is 3.00 bits per heavy atom. The monoisotopic (exact) mass is 345 g/mol. The van der Waals surface area contributed by atoms with Gasteiger partial charge in [-0.05, 0) is 35.0 Å². The topological polar surface area (TPSA) is 54.0 Å². The van der Waals surface area contributed by atoms with Crippen molar-refractivity contribution in [3.8, 4) is 0 Å². The van der Waals surface area contributed by atoms with Crippen molar-refractivity contribution in [2.75, 3.05) is 0 Å². The maximum atomic E-state index is 11.7. The van der Waals surface area contributed by atoms with E-state index < -0.39 is 0 Å². The molecule has 0 saturated carbocycles. The number of hydrogen-bond donors (Lipinski definition) is 2. The van der Waals surface area contributed by atoms with Crippen LogP contribution in [0.15, 0.2) is 27.5 Å². The van der Waals surface area contributed by atoms with Crippen molar-refractivity contribution in [1.82, 2.24) is 15.6 Å². The van der Waals surface area contributed by atoms with Crippen LogP contribution in [0.5, 0.6) is 0 Å². The molecule has 1 atom stereocenters. The van der Waals surface area contributed by atoms with Crippen LogP contribution in [-0.2, 0) is 6.54 Å². The number of thiophene rings is 1. The summed E-state index contributed by atoms with van der Waals surface area (Å²) in [5.74, 6) is 0. The molecule has 2 rings (SSSR count). The molecule has 2 aromatic heterocycles. The zero-order valence-corrected chi connectivity index (χ0v) is 12.9. The summed E-state index contributed by atoms with van der Waals surface area (Å²) in [4.78, 5) is 16.9. The molecule has 96 valence electrons. The molecule has 2 amide bonds. The van der Waals surface area contributed by atoms with Crippen molar-refractivity contribution >= 4 is 44.6 Å². The maximum absolute atomic E-state index is 11.7. The number of halogens is 1. The van der Waals surface area contributed by atoms with Gasteiger partial charge in [-0.1, -0.05) is 0 Å². The second-order valence-electron chi connectivity index (χ2n) is 3.62. The smallest absolute Gasteiger partial charge is 0.315 e. The third kappa shape index (κ3) is 3.79. The Hall–Kier alpha value is -0.920. The van der Waals surface area contributed by atoms with E-state index in [0.29, 0.717) is 6.54 Å². The molecular formula is C11H12BrN3OS2. The van der Waals surface area contributed by atoms with Gasteiger partial charge in [-0.15, -0.1) is 22.7 Å². The normalized spacial score (nSPS) is 12.1. The molecule has 0 aromatic carbocycles. The number of aromatic nitrogens is 1. The summed E-state index contributed by atoms with van der Waals surface area (Å²) < 4.78 is 1.07. The minimum Gasteiger partial charge on any atom is -0.333 e. The fourth-order valence-electron chi connectivity index (χ4n) is 1.37. The van der Waals surface area contributed by atoms with Crippen LogP contribution in [0.25, 0.3) is 0 Å². The van der Waals surface area contributed by atoms with Crippen LogP contribution < -0.4 is 10.6 Å². The average molecular weight is 346 g/mol. The Kier molecular flexibility index (Phi) is 4.73. The molecule has 0 aliphatic carbocycles. The molecule has 0 unspecified atom stereocenters. The molecule has 0 saturated heterocycles. The van der Waals surface area contributed by atoms with Crippen molar-refractivity contribution in [2.45, 2.75) is 19.5 Å². The quantitative estimate of drug-likeness (QED) is 0.890. The molecule has 0 aliphatic rings. The Bertz CT molecular complexity index is 512. The lowest BCUT2D eigenvalue weighted by Gasteiger charge is -2.11. The summed E-state index contributed by atoms with van der Waals surface area (Å²) in [7, 11) is 0. The van der Waals surface area contributed by atoms with E-state index in [9.17, 15) is 4.79 Å². The molecule has 2 N–H and O–H groups in total. The van der Waals surface area contributed by atoms with Gasteiger partial charge in [-0.2, -0.15) is 0 Å². The number of carbonyl (C=O) groups is 1. The lowest BCUT2D eigenvalue weighted by Crippen LogP contribution is -2.36. The lowest BCUT2D eigenvalue weighted by molar-refractivity contribution is 0.237. The first-order valence-electron chi connectivity index (χ1n) is 5.33. The number of thiazole rings is 1. The number of carbonyl (C=O) groups excluding carboxylic acids is 1. The van der Waals surface area contributed by atoms with Gasteiger partial charge in [0.2, 0.25) is 0 Å². The van der Waals surface area contributed by atoms with E-state index >= 15 is 0 Å². The highest BCUT2D eigenvalue weighted by molar-refractivity contribution is 9.11. The maximum Gasteiger partial charge on any atom is 0.315 e. The van der Waals surface area contributed by atoms with Crippen LogP contribution in [0, 0.1) is 0 Å². The van der Waals surface area contributed by atoms with Crippen molar-refractivity contribution in [3.05, 3.63) is 37.4 Å². The lowest BCUT2D eigenvalue weighted by atomic mass is 10.3. The Labute approximate surface area is 122 Å². The van der Waals surface area contributed by atoms with Crippen molar-refractivity contribution in [1.29, 1.82) is 0 Å². The highest BCUT2D eigenvalue weighted by Gasteiger charge is 2.11. The highest BCUT2D eigenvalue weighted by Crippen LogP contribution is 2.21. The van der Waals surface area contributed by atoms with Gasteiger partial charge in [-0.3, -0.25) is 0 Å². The van der Waals surface area contributed by atoms with E-state index in [0.717, 1.165) is 13.7 Å². The molecule has 0 spiro atoms. The average Bonchev–Trinajstić information content (AvgIpc) is 2.97. The Morgan fingerprint density at radius 2 is 2.39 bits per heavy atom. The Balaban J connectivity index is 1.78. The third-order valence-electron chi connectivity index (χ3n) is 2.22. The van der Waals surface area contributed by atoms with Gasteiger partial charge in [-0.25, -0.2) is 9.78 Å². The van der Waals surface area contributed by atoms with Crippen LogP contribution in [-0.4, -0.2) is 11.0 Å². The van der Waals surface area contributed by atoms with E-state index in [1.807, 2.05) is 24.4 Å². The van der Waals surface area contributed by atoms with Crippen LogP contribution in [0.2, 0.25) is 0 Å². The van der Waals surface area contributed by atoms with Crippen LogP contribution >= 0.6 is 38.6 Å². The van der Waals surface area contributed by atoms with E-state index in [1.165, 1.54) is 11.3 Å². The first-order chi connectivity index (χ1) is 8.65. The second-order valence-corrected chi connectivity index (χ2v) is 7.10. The number of amides is 2. The van der Waals surface area contributed by atoms with Gasteiger partial charge in [0.25, 0.3) is 0 Å². The summed E-state index contributed by atoms with van der Waals surface area (Å²) in [5, 5.41) is 8.48. The summed E-state index contributed by atoms with van der Waals surface area (Å²) in [5.41, 5.74) is 0. The first kappa shape index (κ1) is 13.5. The van der Waals surface area contributed by atoms with Crippen LogP contribution in [0.3, 0.4) is 0 Å². The SMILES string of the molecule is C[C@@H](NC(=O)NCc1ccc(Br)s1)c1nccs1. The predicted molar refractivity (Wildman–Crippen MR) is 77.9 cm³/mol. The van der Waals surface area contributed by atoms with Gasteiger partial charge in [0.1, 0.15) is 5.01 Å². The van der Waals surface area contributed by atoms with Gasteiger partial charge < -0.3 is 10.6 Å². The molecule has 2 aromatic rings. The number of nitrogens with zero attached hydrogens (tertiary/aromatic N) is 1. The van der Waals surface area contributed by atoms with Gasteiger partial charge in [0.05, 0.1) is 16.4 Å². The summed E-state index contributed by atoms with van der Waals surface area (Å²) >= 11 is 6.53. The fraction of sp³-hybridized carbons (Fsp3) is 0.273. The third-order valence-corrected chi connectivity index (χ3v) is 4.80. The molecule has 2 heterocycles. The second kappa shape index (κ2) is 6.31. The van der Waals surface area contributed by atoms with Gasteiger partial charge in [0.15, 0.2) is 0 Å². The molecule has 0 fully saturated rings. The van der Waals surface area contributed by atoms with E-state index in [-0.39, 0.29) is 12.1 Å². The number of urea groups is 1. The molecule has 7 heteroatoms. The molecule has 0 radical (unpaired) electrons. The molecule has 0 bridgehead atoms. The molecule has 18 heavy (non-hydrogen) atoms. The minimum atomic E-state index is -0.178. The highest BCUT2D eigenvalue weighted by atomic mass is 79.9. The van der Waals surface area contributed by atoms with Crippen LogP contribution in [0.1, 0.15) is 22.9 Å². The van der Waals surface area contributed by atoms with Gasteiger partial charge >= 0.3 is 6.03 Å². The fourth-order valence-corrected chi connectivity index (χ4v) is 3.44. The van der Waals surface area contributed by atoms with Crippen LogP contribution in [0.4, 0.5) is 4.79 Å². The van der Waals surface area contributed by atoms with Gasteiger partial charge in [0, 0.05) is 16.5 Å². The van der Waals surface area contributed by atoms with Crippen molar-refractivity contribution in [2.24, 2.45) is 0 Å². The van der Waals surface area contributed by atoms with E-state index in [2.05, 4.69) is 31.5 Å². The predicted octanol–water partition coefficient (Wildman–Crippen LogP) is 3.53. The number of nitrogens with one attached hydrogen (secondary N) is 2. The zero-order valence-electron chi connectivity index (χ0n) is 9.64. The van der Waals surface area contributed by atoms with Crippen molar-refractivity contribution < 1.29 is 4.79 Å². The van der Waals surface area contributed by atoms with E-state index in [4.69, 9.17) is 0 Å². The Morgan fingerprint density at radius 1 is 1.56 bits per heavy atom. The summed E-state index contributed by atoms with van der Waals surface area (Å²) in [6, 6.07) is 3.71. The van der Waals surface area contributed by atoms with Crippen molar-refractivity contribution in [3.63, 3.8) is 0 Å². The molecule has 4 nitrogen and oxygen atoms in total. The van der Waals surface area contributed by atoms with E-state index in [1.54, 1.807) is 17.5 Å². The largest absolute Gasteiger partial charge is 0.333 e. The molecular weight excluding hydrogens is 334 g/mol. The standard InChI is InChI=1S/C11H12BrN3OS2/c1-7(10-13-4-5-17-10)15-11(16)14-6-8-2-3-9(12)18-8/h2-5,7H,6H2,1H3,(H2,14,15,16)/t7-/m1/s1. The summed E-state index contributed by atoms with van der Waals surface area (Å²) in [6.45, 7) is 2.45. The minimum absolute atomic E-state index is 0.0694. The summed E-state index contributed by atoms with van der Waals surface area (Å²) in [6.07, 6.45) is 1.74. The first-order valence-corrected chi connectivity index (χ1v) is 7.82. The zero-order chi connectivity index (χ0) is 13.0. The molecule has 0 aliphatic heterocycles. The number of hydrogen-bond acceptors (Lipinski definition) is 4. The number of rotatable bonds is 4.